The number of nitrogens with zero attached hydrogens (tertiary/aromatic N) is 3. The summed E-state index contributed by atoms with van der Waals surface area (Å²) in [5.74, 6) is 0.384. The summed E-state index contributed by atoms with van der Waals surface area (Å²) in [7, 11) is 0. The van der Waals surface area contributed by atoms with E-state index in [0.717, 1.165) is 11.4 Å². The lowest BCUT2D eigenvalue weighted by Gasteiger charge is -2.14. The van der Waals surface area contributed by atoms with Crippen LogP contribution >= 0.6 is 11.6 Å². The number of aromatic amines is 1. The van der Waals surface area contributed by atoms with Gasteiger partial charge in [-0.15, -0.1) is 0 Å². The first-order valence-electron chi connectivity index (χ1n) is 7.82. The zero-order chi connectivity index (χ0) is 17.1. The van der Waals surface area contributed by atoms with Gasteiger partial charge >= 0.3 is 0 Å². The summed E-state index contributed by atoms with van der Waals surface area (Å²) in [6, 6.07) is 5.31. The molecule has 7 nitrogen and oxygen atoms in total. The Kier molecular flexibility index (Phi) is 5.13. The number of hydrogen-bond acceptors (Lipinski definition) is 5. The molecule has 8 heteroatoms. The smallest absolute Gasteiger partial charge is 0.239 e. The van der Waals surface area contributed by atoms with Crippen molar-refractivity contribution in [2.45, 2.75) is 19.4 Å². The van der Waals surface area contributed by atoms with Gasteiger partial charge in [0.1, 0.15) is 5.82 Å². The van der Waals surface area contributed by atoms with E-state index in [-0.39, 0.29) is 18.4 Å². The Morgan fingerprint density at radius 3 is 3.00 bits per heavy atom. The van der Waals surface area contributed by atoms with Crippen molar-refractivity contribution in [1.82, 2.24) is 20.1 Å². The largest absolute Gasteiger partial charge is 0.391 e. The van der Waals surface area contributed by atoms with E-state index in [1.165, 1.54) is 6.20 Å². The maximum atomic E-state index is 12.1. The molecule has 3 N–H and O–H groups in total. The summed E-state index contributed by atoms with van der Waals surface area (Å²) in [5, 5.41) is 20.6. The van der Waals surface area contributed by atoms with E-state index in [1.807, 2.05) is 17.9 Å². The molecule has 0 spiro atoms. The van der Waals surface area contributed by atoms with Crippen molar-refractivity contribution in [3.05, 3.63) is 40.8 Å². The second kappa shape index (κ2) is 7.29. The lowest BCUT2D eigenvalue weighted by atomic mass is 10.0. The SMILES string of the molecule is Cc1cc(C[C@@H]2CN(CC(=O)Nc3ccc(Cl)cn3)C[C@H]2O)n[nH]1. The summed E-state index contributed by atoms with van der Waals surface area (Å²) in [6.45, 7) is 3.31. The first-order valence-corrected chi connectivity index (χ1v) is 8.20. The molecular formula is C16H20ClN5O2. The molecule has 0 bridgehead atoms. The minimum absolute atomic E-state index is 0.0779. The molecule has 3 heterocycles. The number of aliphatic hydroxyl groups excluding tert-OH is 1. The van der Waals surface area contributed by atoms with Gasteiger partial charge in [-0.05, 0) is 31.5 Å². The molecular weight excluding hydrogens is 330 g/mol. The normalized spacial score (nSPS) is 21.1. The van der Waals surface area contributed by atoms with Gasteiger partial charge in [0.2, 0.25) is 5.91 Å². The van der Waals surface area contributed by atoms with Gasteiger partial charge in [-0.1, -0.05) is 11.6 Å². The molecule has 0 radical (unpaired) electrons. The lowest BCUT2D eigenvalue weighted by molar-refractivity contribution is -0.117. The van der Waals surface area contributed by atoms with Crippen LogP contribution in [-0.2, 0) is 11.2 Å². The number of pyridine rings is 1. The molecule has 1 saturated heterocycles. The Morgan fingerprint density at radius 1 is 1.50 bits per heavy atom. The highest BCUT2D eigenvalue weighted by molar-refractivity contribution is 6.30. The highest BCUT2D eigenvalue weighted by Crippen LogP contribution is 2.21. The zero-order valence-corrected chi connectivity index (χ0v) is 14.1. The number of nitrogens with one attached hydrogen (secondary N) is 2. The van der Waals surface area contributed by atoms with Crippen molar-refractivity contribution in [1.29, 1.82) is 0 Å². The Hall–Kier alpha value is -1.96. The predicted molar refractivity (Wildman–Crippen MR) is 90.8 cm³/mol. The second-order valence-electron chi connectivity index (χ2n) is 6.18. The molecule has 2 atom stereocenters. The van der Waals surface area contributed by atoms with E-state index in [0.29, 0.717) is 30.4 Å². The van der Waals surface area contributed by atoms with Crippen molar-refractivity contribution >= 4 is 23.3 Å². The quantitative estimate of drug-likeness (QED) is 0.755. The van der Waals surface area contributed by atoms with Gasteiger partial charge < -0.3 is 10.4 Å². The summed E-state index contributed by atoms with van der Waals surface area (Å²) in [5.41, 5.74) is 1.94. The van der Waals surface area contributed by atoms with Crippen LogP contribution in [0.25, 0.3) is 0 Å². The molecule has 2 aromatic heterocycles. The Balaban J connectivity index is 1.51. The van der Waals surface area contributed by atoms with Gasteiger partial charge in [-0.25, -0.2) is 4.98 Å². The number of H-pyrrole nitrogens is 1. The van der Waals surface area contributed by atoms with Crippen LogP contribution in [0.1, 0.15) is 11.4 Å². The molecule has 1 aliphatic heterocycles. The number of aromatic nitrogens is 3. The van der Waals surface area contributed by atoms with Crippen LogP contribution in [0.3, 0.4) is 0 Å². The third-order valence-corrected chi connectivity index (χ3v) is 4.30. The van der Waals surface area contributed by atoms with Gasteiger partial charge in [0.05, 0.1) is 23.4 Å². The third kappa shape index (κ3) is 4.31. The van der Waals surface area contributed by atoms with Crippen LogP contribution in [0.2, 0.25) is 5.02 Å². The molecule has 2 aromatic rings. The summed E-state index contributed by atoms with van der Waals surface area (Å²) < 4.78 is 0. The third-order valence-electron chi connectivity index (χ3n) is 4.07. The number of hydrogen-bond donors (Lipinski definition) is 3. The standard InChI is InChI=1S/C16H20ClN5O2/c1-10-4-13(21-20-10)5-11-7-22(8-14(11)23)9-16(24)19-15-3-2-12(17)6-18-15/h2-4,6,11,14,23H,5,7-9H2,1H3,(H,20,21)(H,18,19,24)/t11-,14-/m1/s1. The molecule has 0 unspecified atom stereocenters. The lowest BCUT2D eigenvalue weighted by Crippen LogP contribution is -2.32. The monoisotopic (exact) mass is 349 g/mol. The van der Waals surface area contributed by atoms with Crippen LogP contribution in [0.4, 0.5) is 5.82 Å². The number of carbonyl (C=O) groups excluding carboxylic acids is 1. The number of likely N-dealkylation sites (tertiary alicyclic amines) is 1. The topological polar surface area (TPSA) is 94.1 Å². The minimum Gasteiger partial charge on any atom is -0.391 e. The molecule has 128 valence electrons. The molecule has 0 aromatic carbocycles. The average molecular weight is 350 g/mol. The number of β-amino-alcohol motifs (C(OH)–C–C–N with tert-alkyl or cyclic N) is 1. The highest BCUT2D eigenvalue weighted by Gasteiger charge is 2.32. The highest BCUT2D eigenvalue weighted by atomic mass is 35.5. The summed E-state index contributed by atoms with van der Waals surface area (Å²) in [6.07, 6.45) is 1.73. The second-order valence-corrected chi connectivity index (χ2v) is 6.61. The predicted octanol–water partition coefficient (Wildman–Crippen LogP) is 1.24. The Labute approximate surface area is 145 Å². The van der Waals surface area contributed by atoms with E-state index in [1.54, 1.807) is 12.1 Å². The molecule has 1 aliphatic rings. The van der Waals surface area contributed by atoms with E-state index < -0.39 is 6.10 Å². The Morgan fingerprint density at radius 2 is 2.33 bits per heavy atom. The van der Waals surface area contributed by atoms with E-state index in [2.05, 4.69) is 20.5 Å². The van der Waals surface area contributed by atoms with Gasteiger partial charge in [0.25, 0.3) is 0 Å². The van der Waals surface area contributed by atoms with Crippen molar-refractivity contribution in [3.8, 4) is 0 Å². The minimum atomic E-state index is -0.455. The fourth-order valence-electron chi connectivity index (χ4n) is 2.95. The molecule has 0 saturated carbocycles. The van der Waals surface area contributed by atoms with Gasteiger partial charge in [0, 0.05) is 30.9 Å². The van der Waals surface area contributed by atoms with Crippen molar-refractivity contribution in [2.75, 3.05) is 25.0 Å². The first-order chi connectivity index (χ1) is 11.5. The molecule has 1 fully saturated rings. The van der Waals surface area contributed by atoms with Crippen LogP contribution in [-0.4, -0.2) is 56.8 Å². The van der Waals surface area contributed by atoms with Crippen LogP contribution < -0.4 is 5.32 Å². The fraction of sp³-hybridized carbons (Fsp3) is 0.438. The van der Waals surface area contributed by atoms with Gasteiger partial charge in [-0.2, -0.15) is 5.10 Å². The first kappa shape index (κ1) is 16.9. The van der Waals surface area contributed by atoms with Gasteiger partial charge in [0.15, 0.2) is 0 Å². The van der Waals surface area contributed by atoms with Crippen LogP contribution in [0, 0.1) is 12.8 Å². The summed E-state index contributed by atoms with van der Waals surface area (Å²) >= 11 is 5.77. The maximum Gasteiger partial charge on any atom is 0.239 e. The molecule has 1 amide bonds. The number of aryl methyl sites for hydroxylation is 1. The van der Waals surface area contributed by atoms with Crippen LogP contribution in [0.5, 0.6) is 0 Å². The number of aliphatic hydroxyl groups is 1. The maximum absolute atomic E-state index is 12.1. The van der Waals surface area contributed by atoms with Crippen molar-refractivity contribution in [2.24, 2.45) is 5.92 Å². The molecule has 24 heavy (non-hydrogen) atoms. The van der Waals surface area contributed by atoms with Crippen molar-refractivity contribution in [3.63, 3.8) is 0 Å². The zero-order valence-electron chi connectivity index (χ0n) is 13.4. The van der Waals surface area contributed by atoms with Gasteiger partial charge in [-0.3, -0.25) is 14.8 Å². The Bertz CT molecular complexity index is 703. The van der Waals surface area contributed by atoms with Crippen LogP contribution in [0.15, 0.2) is 24.4 Å². The number of halogens is 1. The summed E-state index contributed by atoms with van der Waals surface area (Å²) in [4.78, 5) is 18.1. The van der Waals surface area contributed by atoms with Crippen molar-refractivity contribution < 1.29 is 9.90 Å². The molecule has 0 aliphatic carbocycles. The number of amides is 1. The number of carbonyl (C=O) groups is 1. The number of rotatable bonds is 5. The van der Waals surface area contributed by atoms with E-state index in [9.17, 15) is 9.90 Å². The van der Waals surface area contributed by atoms with E-state index >= 15 is 0 Å². The fourth-order valence-corrected chi connectivity index (χ4v) is 3.07. The number of anilines is 1. The molecule has 3 rings (SSSR count). The van der Waals surface area contributed by atoms with E-state index in [4.69, 9.17) is 11.6 Å². The average Bonchev–Trinajstić information content (AvgIpc) is 3.08.